The van der Waals surface area contributed by atoms with Crippen molar-refractivity contribution in [3.8, 4) is 5.75 Å². The van der Waals surface area contributed by atoms with Gasteiger partial charge in [-0.2, -0.15) is 0 Å². The van der Waals surface area contributed by atoms with E-state index in [1.165, 1.54) is 6.07 Å². The average molecular weight is 396 g/mol. The molecule has 0 N–H and O–H groups in total. The molecule has 20 heavy (non-hydrogen) atoms. The molecule has 0 heterocycles. The van der Waals surface area contributed by atoms with Crippen LogP contribution in [0.2, 0.25) is 5.02 Å². The SMILES string of the molecule is O=S(=O)(Cl)c1cc(Br)ccc1OCc1cccc(Cl)c1. The number of ether oxygens (including phenoxy) is 1. The third kappa shape index (κ3) is 4.12. The highest BCUT2D eigenvalue weighted by atomic mass is 79.9. The van der Waals surface area contributed by atoms with E-state index in [4.69, 9.17) is 27.0 Å². The van der Waals surface area contributed by atoms with Gasteiger partial charge >= 0.3 is 0 Å². The Morgan fingerprint density at radius 3 is 2.55 bits per heavy atom. The summed E-state index contributed by atoms with van der Waals surface area (Å²) in [5, 5.41) is 0.590. The van der Waals surface area contributed by atoms with Gasteiger partial charge in [0.2, 0.25) is 0 Å². The molecule has 0 fully saturated rings. The smallest absolute Gasteiger partial charge is 0.265 e. The number of hydrogen-bond donors (Lipinski definition) is 0. The first-order valence-electron chi connectivity index (χ1n) is 5.48. The number of hydrogen-bond acceptors (Lipinski definition) is 3. The van der Waals surface area contributed by atoms with Gasteiger partial charge in [0.15, 0.2) is 0 Å². The molecule has 0 saturated carbocycles. The summed E-state index contributed by atoms with van der Waals surface area (Å²) in [6.07, 6.45) is 0. The first-order chi connectivity index (χ1) is 9.36. The predicted octanol–water partition coefficient (Wildman–Crippen LogP) is 4.61. The van der Waals surface area contributed by atoms with Gasteiger partial charge < -0.3 is 4.74 Å². The molecular formula is C13H9BrCl2O3S. The van der Waals surface area contributed by atoms with Crippen LogP contribution < -0.4 is 4.74 Å². The Labute approximate surface area is 135 Å². The summed E-state index contributed by atoms with van der Waals surface area (Å²) in [5.74, 6) is 0.197. The van der Waals surface area contributed by atoms with E-state index in [0.717, 1.165) is 5.56 Å². The van der Waals surface area contributed by atoms with Crippen molar-refractivity contribution in [2.75, 3.05) is 0 Å². The Morgan fingerprint density at radius 2 is 1.90 bits per heavy atom. The molecule has 2 aromatic rings. The van der Waals surface area contributed by atoms with Crippen molar-refractivity contribution < 1.29 is 13.2 Å². The van der Waals surface area contributed by atoms with E-state index in [1.807, 2.05) is 6.07 Å². The van der Waals surface area contributed by atoms with Crippen molar-refractivity contribution in [3.05, 3.63) is 57.5 Å². The highest BCUT2D eigenvalue weighted by molar-refractivity contribution is 9.10. The Morgan fingerprint density at radius 1 is 1.15 bits per heavy atom. The van der Waals surface area contributed by atoms with E-state index < -0.39 is 9.05 Å². The summed E-state index contributed by atoms with van der Waals surface area (Å²) in [6.45, 7) is 0.196. The van der Waals surface area contributed by atoms with Crippen LogP contribution in [0.3, 0.4) is 0 Å². The first kappa shape index (κ1) is 15.6. The van der Waals surface area contributed by atoms with E-state index >= 15 is 0 Å². The van der Waals surface area contributed by atoms with Crippen LogP contribution in [0.15, 0.2) is 51.8 Å². The maximum absolute atomic E-state index is 11.5. The minimum absolute atomic E-state index is 0.0735. The van der Waals surface area contributed by atoms with Crippen LogP contribution in [-0.4, -0.2) is 8.42 Å². The minimum Gasteiger partial charge on any atom is -0.487 e. The van der Waals surface area contributed by atoms with Gasteiger partial charge in [0, 0.05) is 20.2 Å². The number of halogens is 3. The Balaban J connectivity index is 2.26. The van der Waals surface area contributed by atoms with E-state index in [2.05, 4.69) is 15.9 Å². The molecule has 2 rings (SSSR count). The highest BCUT2D eigenvalue weighted by Gasteiger charge is 2.17. The van der Waals surface area contributed by atoms with Crippen molar-refractivity contribution in [2.24, 2.45) is 0 Å². The second-order valence-electron chi connectivity index (χ2n) is 3.95. The van der Waals surface area contributed by atoms with Crippen molar-refractivity contribution in [3.63, 3.8) is 0 Å². The number of rotatable bonds is 4. The second-order valence-corrected chi connectivity index (χ2v) is 7.83. The zero-order chi connectivity index (χ0) is 14.8. The maximum Gasteiger partial charge on any atom is 0.265 e. The molecule has 0 unspecified atom stereocenters. The van der Waals surface area contributed by atoms with Gasteiger partial charge in [-0.05, 0) is 35.9 Å². The summed E-state index contributed by atoms with van der Waals surface area (Å²) in [4.78, 5) is -0.0735. The maximum atomic E-state index is 11.5. The quantitative estimate of drug-likeness (QED) is 0.710. The van der Waals surface area contributed by atoms with Crippen LogP contribution in [0.1, 0.15) is 5.56 Å². The second kappa shape index (κ2) is 6.35. The van der Waals surface area contributed by atoms with Crippen molar-refractivity contribution in [1.29, 1.82) is 0 Å². The standard InChI is InChI=1S/C13H9BrCl2O3S/c14-10-4-5-12(13(7-10)20(16,17)18)19-8-9-2-1-3-11(15)6-9/h1-7H,8H2. The molecule has 0 spiro atoms. The van der Waals surface area contributed by atoms with Gasteiger partial charge in [0.05, 0.1) is 0 Å². The largest absolute Gasteiger partial charge is 0.487 e. The van der Waals surface area contributed by atoms with Crippen LogP contribution in [0, 0.1) is 0 Å². The van der Waals surface area contributed by atoms with Crippen molar-refractivity contribution in [2.45, 2.75) is 11.5 Å². The molecule has 0 aliphatic heterocycles. The Kier molecular flexibility index (Phi) is 4.96. The molecule has 0 aromatic heterocycles. The minimum atomic E-state index is -3.88. The molecule has 0 aliphatic rings. The van der Waals surface area contributed by atoms with Gasteiger partial charge in [0.25, 0.3) is 9.05 Å². The molecular weight excluding hydrogens is 387 g/mol. The molecule has 0 radical (unpaired) electrons. The third-order valence-corrected chi connectivity index (χ3v) is 4.52. The molecule has 0 atom stereocenters. The lowest BCUT2D eigenvalue weighted by Gasteiger charge is -2.10. The fourth-order valence-electron chi connectivity index (χ4n) is 1.58. The summed E-state index contributed by atoms with van der Waals surface area (Å²) in [6, 6.07) is 11.7. The fraction of sp³-hybridized carbons (Fsp3) is 0.0769. The zero-order valence-corrected chi connectivity index (χ0v) is 13.9. The normalized spacial score (nSPS) is 11.3. The first-order valence-corrected chi connectivity index (χ1v) is 8.96. The summed E-state index contributed by atoms with van der Waals surface area (Å²) < 4.78 is 29.1. The van der Waals surface area contributed by atoms with Gasteiger partial charge in [-0.15, -0.1) is 0 Å². The molecule has 3 nitrogen and oxygen atoms in total. The molecule has 106 valence electrons. The Bertz CT molecular complexity index is 732. The highest BCUT2D eigenvalue weighted by Crippen LogP contribution is 2.30. The van der Waals surface area contributed by atoms with E-state index in [1.54, 1.807) is 30.3 Å². The van der Waals surface area contributed by atoms with Crippen LogP contribution in [0.5, 0.6) is 5.75 Å². The van der Waals surface area contributed by atoms with E-state index in [0.29, 0.717) is 9.50 Å². The van der Waals surface area contributed by atoms with E-state index in [9.17, 15) is 8.42 Å². The zero-order valence-electron chi connectivity index (χ0n) is 10.0. The van der Waals surface area contributed by atoms with Crippen molar-refractivity contribution >= 4 is 47.3 Å². The summed E-state index contributed by atoms with van der Waals surface area (Å²) in [5.41, 5.74) is 0.832. The molecule has 0 amide bonds. The lowest BCUT2D eigenvalue weighted by Crippen LogP contribution is -2.00. The van der Waals surface area contributed by atoms with E-state index in [-0.39, 0.29) is 17.3 Å². The van der Waals surface area contributed by atoms with Crippen molar-refractivity contribution in [1.82, 2.24) is 0 Å². The topological polar surface area (TPSA) is 43.4 Å². The van der Waals surface area contributed by atoms with Gasteiger partial charge in [-0.25, -0.2) is 8.42 Å². The number of benzene rings is 2. The van der Waals surface area contributed by atoms with Gasteiger partial charge in [-0.1, -0.05) is 39.7 Å². The molecule has 0 saturated heterocycles. The van der Waals surface area contributed by atoms with Crippen LogP contribution in [0.4, 0.5) is 0 Å². The lowest BCUT2D eigenvalue weighted by molar-refractivity contribution is 0.298. The molecule has 7 heteroatoms. The van der Waals surface area contributed by atoms with Gasteiger partial charge in [0.1, 0.15) is 17.3 Å². The summed E-state index contributed by atoms with van der Waals surface area (Å²) >= 11 is 9.07. The lowest BCUT2D eigenvalue weighted by atomic mass is 10.2. The average Bonchev–Trinajstić information content (AvgIpc) is 2.36. The van der Waals surface area contributed by atoms with Crippen LogP contribution in [-0.2, 0) is 15.7 Å². The monoisotopic (exact) mass is 394 g/mol. The van der Waals surface area contributed by atoms with Crippen LogP contribution in [0.25, 0.3) is 0 Å². The molecule has 0 aliphatic carbocycles. The van der Waals surface area contributed by atoms with Crippen LogP contribution >= 0.6 is 38.2 Å². The third-order valence-electron chi connectivity index (χ3n) is 2.45. The van der Waals surface area contributed by atoms with Gasteiger partial charge in [-0.3, -0.25) is 0 Å². The Hall–Kier alpha value is -0.750. The summed E-state index contributed by atoms with van der Waals surface area (Å²) in [7, 11) is 1.52. The molecule has 0 bridgehead atoms. The predicted molar refractivity (Wildman–Crippen MR) is 83.0 cm³/mol. The molecule has 2 aromatic carbocycles. The fourth-order valence-corrected chi connectivity index (χ4v) is 3.30.